The number of aryl methyl sites for hydroxylation is 1. The van der Waals surface area contributed by atoms with Crippen LogP contribution in [0.5, 0.6) is 0 Å². The third-order valence-corrected chi connectivity index (χ3v) is 6.40. The largest absolute Gasteiger partial charge is 0.451 e. The first kappa shape index (κ1) is 22.9. The standard InChI is InChI=1S/C20H24N2O5S2/c1-13-9-11-16(12-10-13)29(25,26)22-14(2)20(24)27-15(3)19(23)21-17-7-5-6-8-18(17)28-4/h5-12,14-15,22H,1-4H3,(H,21,23)/t14-,15?/m0/s1. The van der Waals surface area contributed by atoms with Crippen molar-refractivity contribution < 1.29 is 22.7 Å². The van der Waals surface area contributed by atoms with Crippen molar-refractivity contribution in [2.24, 2.45) is 0 Å². The smallest absolute Gasteiger partial charge is 0.324 e. The van der Waals surface area contributed by atoms with E-state index in [1.807, 2.05) is 25.3 Å². The summed E-state index contributed by atoms with van der Waals surface area (Å²) in [6, 6.07) is 12.3. The zero-order chi connectivity index (χ0) is 21.6. The van der Waals surface area contributed by atoms with Gasteiger partial charge in [0.1, 0.15) is 6.04 Å². The van der Waals surface area contributed by atoms with Gasteiger partial charge in [-0.1, -0.05) is 29.8 Å². The van der Waals surface area contributed by atoms with Crippen LogP contribution < -0.4 is 10.0 Å². The lowest BCUT2D eigenvalue weighted by Gasteiger charge is -2.18. The first-order valence-electron chi connectivity index (χ1n) is 8.87. The van der Waals surface area contributed by atoms with Crippen molar-refractivity contribution in [2.45, 2.75) is 42.7 Å². The van der Waals surface area contributed by atoms with Crippen LogP contribution >= 0.6 is 11.8 Å². The molecule has 29 heavy (non-hydrogen) atoms. The van der Waals surface area contributed by atoms with E-state index >= 15 is 0 Å². The summed E-state index contributed by atoms with van der Waals surface area (Å²) in [5.41, 5.74) is 1.53. The molecule has 156 valence electrons. The third kappa shape index (κ3) is 6.31. The van der Waals surface area contributed by atoms with Crippen molar-refractivity contribution in [3.8, 4) is 0 Å². The lowest BCUT2D eigenvalue weighted by atomic mass is 10.2. The Hall–Kier alpha value is -2.36. The second-order valence-electron chi connectivity index (χ2n) is 6.42. The Labute approximate surface area is 175 Å². The summed E-state index contributed by atoms with van der Waals surface area (Å²) in [5, 5.41) is 2.71. The molecule has 2 N–H and O–H groups in total. The van der Waals surface area contributed by atoms with Crippen molar-refractivity contribution >= 4 is 39.3 Å². The van der Waals surface area contributed by atoms with Crippen LogP contribution in [0.15, 0.2) is 58.3 Å². The number of nitrogens with one attached hydrogen (secondary N) is 2. The van der Waals surface area contributed by atoms with Crippen molar-refractivity contribution in [3.05, 3.63) is 54.1 Å². The minimum atomic E-state index is -3.89. The van der Waals surface area contributed by atoms with E-state index in [-0.39, 0.29) is 4.90 Å². The van der Waals surface area contributed by atoms with Gasteiger partial charge in [-0.3, -0.25) is 9.59 Å². The summed E-state index contributed by atoms with van der Waals surface area (Å²) in [6.07, 6.45) is 0.791. The van der Waals surface area contributed by atoms with E-state index < -0.39 is 34.0 Å². The summed E-state index contributed by atoms with van der Waals surface area (Å²) in [6.45, 7) is 4.63. The predicted molar refractivity (Wildman–Crippen MR) is 113 cm³/mol. The normalized spacial score (nSPS) is 13.4. The number of carbonyl (C=O) groups is 2. The van der Waals surface area contributed by atoms with Crippen LogP contribution in [0.25, 0.3) is 0 Å². The Morgan fingerprint density at radius 2 is 1.66 bits per heavy atom. The summed E-state index contributed by atoms with van der Waals surface area (Å²) in [4.78, 5) is 25.5. The molecule has 0 bridgehead atoms. The molecule has 2 aromatic rings. The van der Waals surface area contributed by atoms with Crippen molar-refractivity contribution in [2.75, 3.05) is 11.6 Å². The van der Waals surface area contributed by atoms with Crippen LogP contribution in [0.1, 0.15) is 19.4 Å². The highest BCUT2D eigenvalue weighted by Crippen LogP contribution is 2.24. The maximum absolute atomic E-state index is 12.4. The van der Waals surface area contributed by atoms with E-state index in [1.165, 1.54) is 37.7 Å². The monoisotopic (exact) mass is 436 g/mol. The van der Waals surface area contributed by atoms with E-state index in [4.69, 9.17) is 4.74 Å². The zero-order valence-corrected chi connectivity index (χ0v) is 18.3. The number of amides is 1. The fraction of sp³-hybridized carbons (Fsp3) is 0.300. The lowest BCUT2D eigenvalue weighted by molar-refractivity contribution is -0.154. The second-order valence-corrected chi connectivity index (χ2v) is 8.99. The van der Waals surface area contributed by atoms with Crippen molar-refractivity contribution in [3.63, 3.8) is 0 Å². The number of para-hydroxylation sites is 1. The van der Waals surface area contributed by atoms with Gasteiger partial charge in [0.05, 0.1) is 10.6 Å². The van der Waals surface area contributed by atoms with E-state index in [0.717, 1.165) is 10.5 Å². The number of hydrogen-bond donors (Lipinski definition) is 2. The SMILES string of the molecule is CSc1ccccc1NC(=O)C(C)OC(=O)[C@H](C)NS(=O)(=O)c1ccc(C)cc1. The average molecular weight is 437 g/mol. The first-order valence-corrected chi connectivity index (χ1v) is 11.6. The van der Waals surface area contributed by atoms with Gasteiger partial charge in [0.2, 0.25) is 10.0 Å². The van der Waals surface area contributed by atoms with Gasteiger partial charge in [-0.25, -0.2) is 8.42 Å². The topological polar surface area (TPSA) is 102 Å². The molecule has 0 heterocycles. The Balaban J connectivity index is 1.97. The van der Waals surface area contributed by atoms with Crippen LogP contribution in [-0.2, 0) is 24.3 Å². The van der Waals surface area contributed by atoms with E-state index in [0.29, 0.717) is 5.69 Å². The molecular formula is C20H24N2O5S2. The van der Waals surface area contributed by atoms with Gasteiger partial charge in [0.15, 0.2) is 6.10 Å². The molecule has 9 heteroatoms. The molecule has 7 nitrogen and oxygen atoms in total. The molecule has 0 saturated carbocycles. The highest BCUT2D eigenvalue weighted by molar-refractivity contribution is 7.98. The van der Waals surface area contributed by atoms with Crippen LogP contribution in [-0.4, -0.2) is 38.7 Å². The second kappa shape index (κ2) is 9.91. The molecule has 0 aliphatic rings. The molecule has 1 unspecified atom stereocenters. The molecule has 1 amide bonds. The van der Waals surface area contributed by atoms with E-state index in [1.54, 1.807) is 24.3 Å². The molecule has 0 fully saturated rings. The van der Waals surface area contributed by atoms with Gasteiger partial charge in [0.25, 0.3) is 5.91 Å². The number of sulfonamides is 1. The molecule has 2 atom stereocenters. The number of thioether (sulfide) groups is 1. The van der Waals surface area contributed by atoms with Crippen molar-refractivity contribution in [1.29, 1.82) is 0 Å². The molecule has 0 aliphatic heterocycles. The van der Waals surface area contributed by atoms with Gasteiger partial charge in [-0.05, 0) is 51.3 Å². The molecule has 0 aromatic heterocycles. The number of ether oxygens (including phenoxy) is 1. The molecule has 0 radical (unpaired) electrons. The van der Waals surface area contributed by atoms with E-state index in [2.05, 4.69) is 10.0 Å². The molecule has 2 rings (SSSR count). The fourth-order valence-corrected chi connectivity index (χ4v) is 4.12. The third-order valence-electron chi connectivity index (χ3n) is 4.04. The molecule has 0 saturated heterocycles. The van der Waals surface area contributed by atoms with Crippen molar-refractivity contribution in [1.82, 2.24) is 4.72 Å². The van der Waals surface area contributed by atoms with E-state index in [9.17, 15) is 18.0 Å². The number of anilines is 1. The maximum Gasteiger partial charge on any atom is 0.324 e. The highest BCUT2D eigenvalue weighted by Gasteiger charge is 2.26. The van der Waals surface area contributed by atoms with Gasteiger partial charge >= 0.3 is 5.97 Å². The molecule has 2 aromatic carbocycles. The summed E-state index contributed by atoms with van der Waals surface area (Å²) < 4.78 is 32.2. The van der Waals surface area contributed by atoms with Gasteiger partial charge in [-0.2, -0.15) is 4.72 Å². The molecule has 0 aliphatic carbocycles. The number of esters is 1. The highest BCUT2D eigenvalue weighted by atomic mass is 32.2. The molecular weight excluding hydrogens is 412 g/mol. The summed E-state index contributed by atoms with van der Waals surface area (Å²) >= 11 is 1.47. The average Bonchev–Trinajstić information content (AvgIpc) is 2.68. The lowest BCUT2D eigenvalue weighted by Crippen LogP contribution is -2.42. The zero-order valence-electron chi connectivity index (χ0n) is 16.6. The van der Waals surface area contributed by atoms with Gasteiger partial charge in [0, 0.05) is 4.90 Å². The fourth-order valence-electron chi connectivity index (χ4n) is 2.38. The number of hydrogen-bond acceptors (Lipinski definition) is 6. The Kier molecular flexibility index (Phi) is 7.83. The molecule has 0 spiro atoms. The minimum Gasteiger partial charge on any atom is -0.451 e. The van der Waals surface area contributed by atoms with Crippen LogP contribution in [0.4, 0.5) is 5.69 Å². The van der Waals surface area contributed by atoms with Gasteiger partial charge in [-0.15, -0.1) is 11.8 Å². The van der Waals surface area contributed by atoms with Crippen LogP contribution in [0, 0.1) is 6.92 Å². The van der Waals surface area contributed by atoms with Crippen LogP contribution in [0.3, 0.4) is 0 Å². The van der Waals surface area contributed by atoms with Crippen LogP contribution in [0.2, 0.25) is 0 Å². The Morgan fingerprint density at radius 3 is 2.28 bits per heavy atom. The number of rotatable bonds is 8. The quantitative estimate of drug-likeness (QED) is 0.487. The predicted octanol–water partition coefficient (Wildman–Crippen LogP) is 2.95. The Bertz CT molecular complexity index is 975. The minimum absolute atomic E-state index is 0.0437. The summed E-state index contributed by atoms with van der Waals surface area (Å²) in [5.74, 6) is -1.35. The van der Waals surface area contributed by atoms with Gasteiger partial charge < -0.3 is 10.1 Å². The first-order chi connectivity index (χ1) is 13.6. The summed E-state index contributed by atoms with van der Waals surface area (Å²) in [7, 11) is -3.89. The maximum atomic E-state index is 12.4. The number of benzene rings is 2. The Morgan fingerprint density at radius 1 is 1.03 bits per heavy atom. The number of carbonyl (C=O) groups excluding carboxylic acids is 2.